The van der Waals surface area contributed by atoms with Crippen molar-refractivity contribution in [1.82, 2.24) is 0 Å². The van der Waals surface area contributed by atoms with Gasteiger partial charge in [-0.05, 0) is 12.0 Å². The Morgan fingerprint density at radius 3 is 2.19 bits per heavy atom. The summed E-state index contributed by atoms with van der Waals surface area (Å²) >= 11 is 18.3. The van der Waals surface area contributed by atoms with Crippen LogP contribution in [0, 0.1) is 0 Å². The van der Waals surface area contributed by atoms with Gasteiger partial charge in [-0.25, -0.2) is 0 Å². The number of halogens is 4. The van der Waals surface area contributed by atoms with Crippen LogP contribution in [0.3, 0.4) is 0 Å². The number of alkyl halides is 4. The predicted octanol–water partition coefficient (Wildman–Crippen LogP) is 4.65. The van der Waals surface area contributed by atoms with Gasteiger partial charge in [0.05, 0.1) is 0 Å². The highest BCUT2D eigenvalue weighted by Crippen LogP contribution is 2.59. The van der Waals surface area contributed by atoms with Crippen LogP contribution in [0.5, 0.6) is 0 Å². The first-order valence-electron chi connectivity index (χ1n) is 4.72. The fraction of sp³-hybridized carbons (Fsp3) is 0.364. The Hall–Kier alpha value is 0.430. The molecule has 86 valence electrons. The number of hydrogen-bond acceptors (Lipinski definition) is 1. The number of rotatable bonds is 3. The number of carbonyl (C=O) groups is 1. The van der Waals surface area contributed by atoms with Crippen molar-refractivity contribution in [3.05, 3.63) is 35.4 Å². The van der Waals surface area contributed by atoms with Gasteiger partial charge in [0.2, 0.25) is 0 Å². The van der Waals surface area contributed by atoms with E-state index in [2.05, 4.69) is 31.9 Å². The SMILES string of the molecule is O=C(c1ccc(C2CC2(Cl)Cl)cc1)C(Br)Br. The molecule has 1 aliphatic rings. The summed E-state index contributed by atoms with van der Waals surface area (Å²) in [6, 6.07) is 7.42. The van der Waals surface area contributed by atoms with E-state index in [4.69, 9.17) is 23.2 Å². The number of carbonyl (C=O) groups excluding carboxylic acids is 1. The van der Waals surface area contributed by atoms with Crippen molar-refractivity contribution in [1.29, 1.82) is 0 Å². The van der Waals surface area contributed by atoms with Crippen LogP contribution in [0.4, 0.5) is 0 Å². The largest absolute Gasteiger partial charge is 0.292 e. The molecule has 1 unspecified atom stereocenters. The van der Waals surface area contributed by atoms with E-state index in [0.29, 0.717) is 5.56 Å². The lowest BCUT2D eigenvalue weighted by atomic mass is 10.1. The highest BCUT2D eigenvalue weighted by molar-refractivity contribution is 9.25. The van der Waals surface area contributed by atoms with Crippen LogP contribution in [0.25, 0.3) is 0 Å². The molecule has 1 atom stereocenters. The third kappa shape index (κ3) is 2.63. The second-order valence-corrected chi connectivity index (χ2v) is 8.41. The molecule has 0 N–H and O–H groups in total. The predicted molar refractivity (Wildman–Crippen MR) is 74.2 cm³/mol. The van der Waals surface area contributed by atoms with Crippen molar-refractivity contribution in [3.8, 4) is 0 Å². The van der Waals surface area contributed by atoms with Crippen molar-refractivity contribution in [2.75, 3.05) is 0 Å². The molecule has 1 aromatic rings. The van der Waals surface area contributed by atoms with Crippen LogP contribution in [-0.2, 0) is 0 Å². The first-order chi connectivity index (χ1) is 7.42. The molecule has 16 heavy (non-hydrogen) atoms. The summed E-state index contributed by atoms with van der Waals surface area (Å²) in [7, 11) is 0. The third-order valence-electron chi connectivity index (χ3n) is 2.62. The molecule has 0 bridgehead atoms. The molecule has 0 heterocycles. The van der Waals surface area contributed by atoms with Crippen molar-refractivity contribution < 1.29 is 4.79 Å². The zero-order valence-electron chi connectivity index (χ0n) is 8.09. The lowest BCUT2D eigenvalue weighted by Crippen LogP contribution is -2.06. The Bertz CT molecular complexity index is 414. The van der Waals surface area contributed by atoms with E-state index in [1.807, 2.05) is 12.1 Å². The zero-order chi connectivity index (χ0) is 11.9. The molecule has 0 amide bonds. The Morgan fingerprint density at radius 2 is 1.81 bits per heavy atom. The summed E-state index contributed by atoms with van der Waals surface area (Å²) in [6.45, 7) is 0. The minimum absolute atomic E-state index is 0.00496. The highest BCUT2D eigenvalue weighted by Gasteiger charge is 2.52. The van der Waals surface area contributed by atoms with Crippen LogP contribution in [0.2, 0.25) is 0 Å². The smallest absolute Gasteiger partial charge is 0.187 e. The summed E-state index contributed by atoms with van der Waals surface area (Å²) in [5.41, 5.74) is 1.75. The molecular weight excluding hydrogens is 379 g/mol. The average Bonchev–Trinajstić information content (AvgIpc) is 2.87. The molecule has 1 aromatic carbocycles. The minimum Gasteiger partial charge on any atom is -0.292 e. The monoisotopic (exact) mass is 384 g/mol. The van der Waals surface area contributed by atoms with Gasteiger partial charge in [0.15, 0.2) is 5.78 Å². The average molecular weight is 387 g/mol. The Labute approximate surface area is 121 Å². The van der Waals surface area contributed by atoms with E-state index in [9.17, 15) is 4.79 Å². The molecule has 0 aliphatic heterocycles. The third-order valence-corrected chi connectivity index (χ3v) is 4.29. The summed E-state index contributed by atoms with van der Waals surface area (Å²) in [5.74, 6) is 0.203. The van der Waals surface area contributed by atoms with Gasteiger partial charge in [-0.15, -0.1) is 23.2 Å². The maximum absolute atomic E-state index is 11.6. The summed E-state index contributed by atoms with van der Waals surface area (Å²) < 4.78 is -0.953. The van der Waals surface area contributed by atoms with Crippen molar-refractivity contribution in [3.63, 3.8) is 0 Å². The lowest BCUT2D eigenvalue weighted by Gasteiger charge is -2.04. The molecule has 1 nitrogen and oxygen atoms in total. The van der Waals surface area contributed by atoms with E-state index in [1.54, 1.807) is 12.1 Å². The molecule has 0 saturated heterocycles. The van der Waals surface area contributed by atoms with Gasteiger partial charge in [-0.1, -0.05) is 56.1 Å². The van der Waals surface area contributed by atoms with E-state index >= 15 is 0 Å². The lowest BCUT2D eigenvalue weighted by molar-refractivity contribution is 0.101. The van der Waals surface area contributed by atoms with Gasteiger partial charge in [-0.3, -0.25) is 4.79 Å². The number of ketones is 1. The fourth-order valence-corrected chi connectivity index (χ4v) is 2.67. The van der Waals surface area contributed by atoms with Crippen LogP contribution in [0.1, 0.15) is 28.3 Å². The second-order valence-electron chi connectivity index (χ2n) is 3.80. The van der Waals surface area contributed by atoms with Gasteiger partial charge in [0, 0.05) is 11.5 Å². The normalized spacial score (nSPS) is 22.2. The zero-order valence-corrected chi connectivity index (χ0v) is 12.8. The molecule has 2 rings (SSSR count). The van der Waals surface area contributed by atoms with Gasteiger partial charge < -0.3 is 0 Å². The fourth-order valence-electron chi connectivity index (χ4n) is 1.58. The van der Waals surface area contributed by atoms with E-state index in [1.165, 1.54) is 0 Å². The van der Waals surface area contributed by atoms with Gasteiger partial charge in [-0.2, -0.15) is 0 Å². The molecule has 5 heteroatoms. The summed E-state index contributed by atoms with van der Waals surface area (Å²) in [4.78, 5) is 11.6. The van der Waals surface area contributed by atoms with Crippen LogP contribution in [-0.4, -0.2) is 13.9 Å². The van der Waals surface area contributed by atoms with Crippen molar-refractivity contribution >= 4 is 60.8 Å². The summed E-state index contributed by atoms with van der Waals surface area (Å²) in [6.07, 6.45) is 0.781. The van der Waals surface area contributed by atoms with Crippen LogP contribution < -0.4 is 0 Å². The maximum atomic E-state index is 11.6. The quantitative estimate of drug-likeness (QED) is 0.546. The molecule has 0 radical (unpaired) electrons. The summed E-state index contributed by atoms with van der Waals surface area (Å²) in [5, 5.41) is 0. The van der Waals surface area contributed by atoms with Crippen LogP contribution in [0.15, 0.2) is 24.3 Å². The van der Waals surface area contributed by atoms with E-state index in [-0.39, 0.29) is 15.4 Å². The van der Waals surface area contributed by atoms with Crippen molar-refractivity contribution in [2.24, 2.45) is 0 Å². The van der Waals surface area contributed by atoms with Crippen LogP contribution >= 0.6 is 55.1 Å². The number of hydrogen-bond donors (Lipinski definition) is 0. The topological polar surface area (TPSA) is 17.1 Å². The first kappa shape index (κ1) is 12.9. The Kier molecular flexibility index (Phi) is 3.70. The second kappa shape index (κ2) is 4.60. The maximum Gasteiger partial charge on any atom is 0.187 e. The molecule has 1 aliphatic carbocycles. The Balaban J connectivity index is 2.15. The van der Waals surface area contributed by atoms with Gasteiger partial charge in [0.25, 0.3) is 0 Å². The van der Waals surface area contributed by atoms with E-state index in [0.717, 1.165) is 12.0 Å². The molecular formula is C11H8Br2Cl2O. The molecule has 1 saturated carbocycles. The Morgan fingerprint density at radius 1 is 1.31 bits per heavy atom. The number of Topliss-reactive ketones (excluding diaryl/α,β-unsaturated/α-hetero) is 1. The van der Waals surface area contributed by atoms with E-state index < -0.39 is 4.33 Å². The van der Waals surface area contributed by atoms with Gasteiger partial charge >= 0.3 is 0 Å². The molecule has 1 fully saturated rings. The van der Waals surface area contributed by atoms with Crippen molar-refractivity contribution in [2.45, 2.75) is 20.4 Å². The molecule has 0 spiro atoms. The standard InChI is InChI=1S/C11H8Br2Cl2O/c12-10(13)9(16)7-3-1-6(2-4-7)8-5-11(8,14)15/h1-4,8,10H,5H2. The number of benzene rings is 1. The minimum atomic E-state index is -0.612. The van der Waals surface area contributed by atoms with Gasteiger partial charge in [0.1, 0.15) is 8.07 Å². The molecule has 0 aromatic heterocycles. The first-order valence-corrected chi connectivity index (χ1v) is 7.30. The highest BCUT2D eigenvalue weighted by atomic mass is 79.9.